The topological polar surface area (TPSA) is 161 Å². The van der Waals surface area contributed by atoms with Gasteiger partial charge < -0.3 is 20.9 Å². The van der Waals surface area contributed by atoms with E-state index in [1.165, 1.54) is 6.20 Å². The smallest absolute Gasteiger partial charge is 0.252 e. The van der Waals surface area contributed by atoms with Crippen LogP contribution in [0.5, 0.6) is 0 Å². The first-order chi connectivity index (χ1) is 6.99. The van der Waals surface area contributed by atoms with E-state index in [1.54, 1.807) is 12.1 Å². The molecule has 0 aromatic carbocycles. The largest absolute Gasteiger partial charge is 0.365 e. The highest BCUT2D eigenvalue weighted by molar-refractivity contribution is 7.42. The summed E-state index contributed by atoms with van der Waals surface area (Å²) >= 11 is 0. The lowest BCUT2D eigenvalue weighted by Gasteiger charge is -2.01. The summed E-state index contributed by atoms with van der Waals surface area (Å²) in [6.45, 7) is 0. The maximum atomic E-state index is 10.7. The molecule has 1 heterocycles. The van der Waals surface area contributed by atoms with Gasteiger partial charge in [-0.1, -0.05) is 0 Å². The third-order valence-electron chi connectivity index (χ3n) is 1.21. The van der Waals surface area contributed by atoms with Crippen LogP contribution in [0.25, 0.3) is 0 Å². The van der Waals surface area contributed by atoms with Crippen molar-refractivity contribution in [2.75, 3.05) is 5.43 Å². The fraction of sp³-hybridized carbons (Fsp3) is 0. The summed E-state index contributed by atoms with van der Waals surface area (Å²) in [6, 6.07) is 3.16. The van der Waals surface area contributed by atoms with Gasteiger partial charge in [0.1, 0.15) is 0 Å². The van der Waals surface area contributed by atoms with Crippen LogP contribution in [-0.4, -0.2) is 20.7 Å². The second-order valence-electron chi connectivity index (χ2n) is 2.23. The second-order valence-corrected chi connectivity index (χ2v) is 2.87. The number of hydrogen-bond donors (Lipinski definition) is 6. The fourth-order valence-corrected chi connectivity index (χ4v) is 0.719. The lowest BCUT2D eigenvalue weighted by atomic mass is 10.2. The molecule has 84 valence electrons. The molecule has 1 aromatic heterocycles. The molecule has 0 unspecified atom stereocenters. The number of carbonyl (C=O) groups excluding carboxylic acids is 1. The molecule has 9 N–H and O–H groups in total. The predicted octanol–water partition coefficient (Wildman–Crippen LogP) is -1.38. The van der Waals surface area contributed by atoms with Crippen molar-refractivity contribution in [2.24, 2.45) is 17.1 Å². The van der Waals surface area contributed by atoms with Crippen LogP contribution in [0.2, 0.25) is 0 Å². The van der Waals surface area contributed by atoms with Crippen LogP contribution >= 0.6 is 8.53 Å². The average molecular weight is 233 g/mol. The maximum absolute atomic E-state index is 10.7. The van der Waals surface area contributed by atoms with Gasteiger partial charge in [0.15, 0.2) is 5.82 Å². The van der Waals surface area contributed by atoms with Crippen LogP contribution in [0.1, 0.15) is 10.4 Å². The van der Waals surface area contributed by atoms with Gasteiger partial charge in [-0.05, 0) is 12.1 Å². The minimum Gasteiger partial charge on any atom is -0.365 e. The highest BCUT2D eigenvalue weighted by atomic mass is 31.2. The fourth-order valence-electron chi connectivity index (χ4n) is 0.719. The number of nitrogens with one attached hydrogen (secondary N) is 1. The van der Waals surface area contributed by atoms with Crippen molar-refractivity contribution in [3.05, 3.63) is 23.9 Å². The number of rotatable bonds is 2. The molecular formula is C6H12N5O3P. The van der Waals surface area contributed by atoms with Crippen molar-refractivity contribution in [1.29, 1.82) is 0 Å². The van der Waals surface area contributed by atoms with E-state index in [0.29, 0.717) is 5.82 Å². The summed E-state index contributed by atoms with van der Waals surface area (Å²) < 4.78 is 0. The Balaban J connectivity index is 0.000000423. The number of amides is 1. The molecule has 1 rings (SSSR count). The molecule has 0 radical (unpaired) electrons. The lowest BCUT2D eigenvalue weighted by Crippen LogP contribution is -2.18. The van der Waals surface area contributed by atoms with Gasteiger partial charge in [0.25, 0.3) is 5.91 Å². The van der Waals surface area contributed by atoms with Crippen molar-refractivity contribution < 1.29 is 14.6 Å². The van der Waals surface area contributed by atoms with Crippen LogP contribution in [0, 0.1) is 0 Å². The molecule has 1 aromatic rings. The Kier molecular flexibility index (Phi) is 6.43. The Morgan fingerprint density at radius 2 is 2.07 bits per heavy atom. The Labute approximate surface area is 87.0 Å². The van der Waals surface area contributed by atoms with E-state index in [0.717, 1.165) is 0 Å². The van der Waals surface area contributed by atoms with Crippen LogP contribution in [0.4, 0.5) is 5.82 Å². The summed E-state index contributed by atoms with van der Waals surface area (Å²) in [7, 11) is -2.12. The van der Waals surface area contributed by atoms with Crippen molar-refractivity contribution in [3.63, 3.8) is 0 Å². The van der Waals surface area contributed by atoms with Crippen LogP contribution < -0.4 is 22.5 Å². The van der Waals surface area contributed by atoms with Gasteiger partial charge in [-0.2, -0.15) is 0 Å². The van der Waals surface area contributed by atoms with E-state index in [1.807, 2.05) is 0 Å². The number of aromatic nitrogens is 1. The van der Waals surface area contributed by atoms with E-state index in [-0.39, 0.29) is 5.56 Å². The summed E-state index contributed by atoms with van der Waals surface area (Å²) in [5.41, 5.74) is 11.9. The molecule has 0 atom stereocenters. The highest BCUT2D eigenvalue weighted by Gasteiger charge is 2.05. The number of primary amides is 1. The number of hydrazine groups is 1. The minimum absolute atomic E-state index is 0.287. The average Bonchev–Trinajstić information content (AvgIpc) is 2.16. The standard InChI is InChI=1S/C6H8N4O.H4NO2P/c7-5(11)4-2-1-3-9-6(4)10-8;1-4(2)3/h1-3H,8H2,(H2,7,11)(H,9,10);2-3H,1H2. The lowest BCUT2D eigenvalue weighted by molar-refractivity contribution is 0.100. The summed E-state index contributed by atoms with van der Waals surface area (Å²) in [5, 5.41) is 0. The SMILES string of the molecule is NNc1ncccc1C(N)=O.NP(O)O. The second kappa shape index (κ2) is 7.04. The number of nitrogens with zero attached hydrogens (tertiary/aromatic N) is 1. The summed E-state index contributed by atoms with van der Waals surface area (Å²) in [4.78, 5) is 29.4. The molecule has 0 saturated carbocycles. The van der Waals surface area contributed by atoms with E-state index in [2.05, 4.69) is 15.9 Å². The Bertz CT molecular complexity index is 319. The zero-order chi connectivity index (χ0) is 11.8. The number of hydrogen-bond acceptors (Lipinski definition) is 7. The van der Waals surface area contributed by atoms with Crippen LogP contribution in [0.3, 0.4) is 0 Å². The van der Waals surface area contributed by atoms with Gasteiger partial charge >= 0.3 is 0 Å². The van der Waals surface area contributed by atoms with Gasteiger partial charge in [-0.25, -0.2) is 10.8 Å². The molecule has 0 aliphatic rings. The molecule has 9 heteroatoms. The van der Waals surface area contributed by atoms with Gasteiger partial charge in [0, 0.05) is 6.20 Å². The quantitative estimate of drug-likeness (QED) is 0.208. The van der Waals surface area contributed by atoms with E-state index >= 15 is 0 Å². The zero-order valence-electron chi connectivity index (χ0n) is 7.66. The Morgan fingerprint density at radius 1 is 1.53 bits per heavy atom. The Morgan fingerprint density at radius 3 is 2.40 bits per heavy atom. The Hall–Kier alpha value is -1.31. The first kappa shape index (κ1) is 13.7. The van der Waals surface area contributed by atoms with Crippen LogP contribution in [-0.2, 0) is 0 Å². The van der Waals surface area contributed by atoms with E-state index in [9.17, 15) is 4.79 Å². The molecule has 0 spiro atoms. The zero-order valence-corrected chi connectivity index (χ0v) is 8.56. The minimum atomic E-state index is -2.12. The predicted molar refractivity (Wildman–Crippen MR) is 56.1 cm³/mol. The number of nitrogens with two attached hydrogens (primary N) is 3. The molecule has 0 aliphatic carbocycles. The monoisotopic (exact) mass is 233 g/mol. The first-order valence-electron chi connectivity index (χ1n) is 3.63. The van der Waals surface area contributed by atoms with Gasteiger partial charge in [0.2, 0.25) is 8.53 Å². The number of anilines is 1. The van der Waals surface area contributed by atoms with E-state index in [4.69, 9.17) is 21.4 Å². The molecule has 15 heavy (non-hydrogen) atoms. The molecule has 0 bridgehead atoms. The summed E-state index contributed by atoms with van der Waals surface area (Å²) in [5.74, 6) is 4.81. The van der Waals surface area contributed by atoms with E-state index < -0.39 is 14.4 Å². The van der Waals surface area contributed by atoms with Gasteiger partial charge in [-0.15, -0.1) is 0 Å². The van der Waals surface area contributed by atoms with Crippen molar-refractivity contribution in [1.82, 2.24) is 4.98 Å². The molecule has 0 fully saturated rings. The third kappa shape index (κ3) is 5.89. The highest BCUT2D eigenvalue weighted by Crippen LogP contribution is 2.07. The van der Waals surface area contributed by atoms with Crippen LogP contribution in [0.15, 0.2) is 18.3 Å². The molecule has 0 saturated heterocycles. The van der Waals surface area contributed by atoms with Crippen molar-refractivity contribution in [2.45, 2.75) is 0 Å². The molecule has 8 nitrogen and oxygen atoms in total. The normalized spacial score (nSPS) is 9.13. The van der Waals surface area contributed by atoms with Crippen molar-refractivity contribution >= 4 is 20.3 Å². The third-order valence-corrected chi connectivity index (χ3v) is 1.21. The van der Waals surface area contributed by atoms with Gasteiger partial charge in [0.05, 0.1) is 5.56 Å². The van der Waals surface area contributed by atoms with Crippen molar-refractivity contribution in [3.8, 4) is 0 Å². The molecule has 1 amide bonds. The number of nitrogen functional groups attached to an aromatic ring is 1. The maximum Gasteiger partial charge on any atom is 0.252 e. The molecular weight excluding hydrogens is 221 g/mol. The number of carbonyl (C=O) groups is 1. The van der Waals surface area contributed by atoms with Gasteiger partial charge in [-0.3, -0.25) is 10.3 Å². The summed E-state index contributed by atoms with van der Waals surface area (Å²) in [6.07, 6.45) is 1.52. The molecule has 0 aliphatic heterocycles. The first-order valence-corrected chi connectivity index (χ1v) is 4.94. The number of pyridine rings is 1.